The molecule has 0 aliphatic rings. The Labute approximate surface area is 387 Å². The molecule has 320 valence electrons. The average molecular weight is 838 g/mol. The van der Waals surface area contributed by atoms with Crippen molar-refractivity contribution in [1.82, 2.24) is 14.5 Å². The summed E-state index contributed by atoms with van der Waals surface area (Å²) in [5.41, 5.74) is 12.2. The van der Waals surface area contributed by atoms with Crippen molar-refractivity contribution in [3.05, 3.63) is 166 Å². The summed E-state index contributed by atoms with van der Waals surface area (Å²) in [6.45, 7) is 17.0. The lowest BCUT2D eigenvalue weighted by atomic mass is 9.83. The molecule has 63 heavy (non-hydrogen) atoms. The number of hydrogen-bond donors (Lipinski definition) is 1. The van der Waals surface area contributed by atoms with E-state index < -0.39 is 30.9 Å². The van der Waals surface area contributed by atoms with Gasteiger partial charge < -0.3 is 5.11 Å². The fraction of sp³-hybridized carbons (Fsp3) is 0.288. The van der Waals surface area contributed by atoms with Crippen LogP contribution in [0.1, 0.15) is 131 Å². The van der Waals surface area contributed by atoms with Gasteiger partial charge >= 0.3 is 0 Å². The molecule has 0 spiro atoms. The third-order valence-corrected chi connectivity index (χ3v) is 12.0. The fourth-order valence-corrected chi connectivity index (χ4v) is 8.35. The molecule has 0 aliphatic heterocycles. The van der Waals surface area contributed by atoms with E-state index in [1.54, 1.807) is 52.1 Å². The highest BCUT2D eigenvalue weighted by atomic mass is 16.3. The SMILES string of the molecule is [2H]C([2H])([2H])c1ccc(-c2ccnc(-c3cc(-c4cccc5c4nc(-c4cc(C)cc(C(C)(C)C)c4O)n5-c4ccc(-c5cc(C([2H])(C)C)cc(C([2H])(C)C)c5)cc4C([2H])([2H])[2H])cc(C(C)(C)C)c3)c2)cc1. The number of aromatic nitrogens is 3. The molecule has 2 aromatic heterocycles. The minimum absolute atomic E-state index is 0.0599. The smallest absolute Gasteiger partial charge is 0.149 e. The Morgan fingerprint density at radius 2 is 1.29 bits per heavy atom. The number of rotatable bonds is 8. The highest BCUT2D eigenvalue weighted by molar-refractivity contribution is 5.97. The van der Waals surface area contributed by atoms with Gasteiger partial charge in [-0.3, -0.25) is 9.55 Å². The molecule has 4 nitrogen and oxygen atoms in total. The molecule has 4 heteroatoms. The van der Waals surface area contributed by atoms with Gasteiger partial charge in [0.1, 0.15) is 11.6 Å². The van der Waals surface area contributed by atoms with Crippen LogP contribution in [0.3, 0.4) is 0 Å². The van der Waals surface area contributed by atoms with Gasteiger partial charge in [-0.2, -0.15) is 0 Å². The summed E-state index contributed by atoms with van der Waals surface area (Å²) >= 11 is 0. The van der Waals surface area contributed by atoms with Gasteiger partial charge in [-0.05, 0) is 147 Å². The lowest BCUT2D eigenvalue weighted by Gasteiger charge is -2.23. The van der Waals surface area contributed by atoms with Crippen LogP contribution in [0.25, 0.3) is 72.7 Å². The highest BCUT2D eigenvalue weighted by Gasteiger charge is 2.27. The summed E-state index contributed by atoms with van der Waals surface area (Å²) in [4.78, 5) is 10.3. The second kappa shape index (κ2) is 16.5. The predicted molar refractivity (Wildman–Crippen MR) is 267 cm³/mol. The number of aryl methyl sites for hydroxylation is 3. The third kappa shape index (κ3) is 8.61. The van der Waals surface area contributed by atoms with E-state index in [9.17, 15) is 5.11 Å². The number of imidazole rings is 1. The molecule has 0 saturated carbocycles. The molecule has 2 heterocycles. The number of pyridine rings is 1. The largest absolute Gasteiger partial charge is 0.507 e. The van der Waals surface area contributed by atoms with E-state index in [-0.39, 0.29) is 22.3 Å². The minimum atomic E-state index is -2.61. The van der Waals surface area contributed by atoms with Crippen molar-refractivity contribution >= 4 is 11.0 Å². The van der Waals surface area contributed by atoms with E-state index in [1.165, 1.54) is 0 Å². The molecule has 0 unspecified atom stereocenters. The van der Waals surface area contributed by atoms with Crippen LogP contribution in [0.5, 0.6) is 5.75 Å². The van der Waals surface area contributed by atoms with Crippen LogP contribution in [-0.2, 0) is 10.8 Å². The summed E-state index contributed by atoms with van der Waals surface area (Å²) in [5.74, 6) is -1.51. The van der Waals surface area contributed by atoms with Crippen molar-refractivity contribution in [3.8, 4) is 67.5 Å². The van der Waals surface area contributed by atoms with Crippen LogP contribution in [0.2, 0.25) is 0 Å². The Balaban J connectivity index is 1.40. The molecule has 0 atom stereocenters. The lowest BCUT2D eigenvalue weighted by molar-refractivity contribution is 0.448. The molecule has 0 aliphatic carbocycles. The van der Waals surface area contributed by atoms with Crippen molar-refractivity contribution in [2.45, 2.75) is 112 Å². The first kappa shape index (κ1) is 34.3. The van der Waals surface area contributed by atoms with Crippen molar-refractivity contribution in [1.29, 1.82) is 0 Å². The van der Waals surface area contributed by atoms with E-state index >= 15 is 0 Å². The second-order valence-electron chi connectivity index (χ2n) is 19.5. The summed E-state index contributed by atoms with van der Waals surface area (Å²) in [6, 6.07) is 38.1. The Hall–Kier alpha value is -6.26. The van der Waals surface area contributed by atoms with E-state index in [0.29, 0.717) is 39.2 Å². The number of para-hydroxylation sites is 1. The van der Waals surface area contributed by atoms with Crippen LogP contribution < -0.4 is 0 Å². The first-order valence-electron chi connectivity index (χ1n) is 25.7. The zero-order valence-electron chi connectivity index (χ0n) is 46.4. The number of aromatic hydroxyl groups is 1. The van der Waals surface area contributed by atoms with E-state index in [1.807, 2.05) is 117 Å². The van der Waals surface area contributed by atoms with Crippen LogP contribution in [-0.4, -0.2) is 19.6 Å². The zero-order valence-corrected chi connectivity index (χ0v) is 38.4. The summed E-state index contributed by atoms with van der Waals surface area (Å²) in [5, 5.41) is 12.3. The van der Waals surface area contributed by atoms with E-state index in [0.717, 1.165) is 61.3 Å². The summed E-state index contributed by atoms with van der Waals surface area (Å²) in [6.07, 6.45) is 1.76. The molecular weight excluding hydrogens is 767 g/mol. The maximum Gasteiger partial charge on any atom is 0.149 e. The summed E-state index contributed by atoms with van der Waals surface area (Å²) in [7, 11) is 0. The quantitative estimate of drug-likeness (QED) is 0.166. The highest BCUT2D eigenvalue weighted by Crippen LogP contribution is 2.44. The normalized spacial score (nSPS) is 14.8. The van der Waals surface area contributed by atoms with Crippen LogP contribution in [0, 0.1) is 20.6 Å². The fourth-order valence-electron chi connectivity index (χ4n) is 8.35. The van der Waals surface area contributed by atoms with Crippen LogP contribution in [0.4, 0.5) is 0 Å². The Bertz CT molecular complexity index is 3300. The van der Waals surface area contributed by atoms with Gasteiger partial charge in [0, 0.05) is 33.9 Å². The Morgan fingerprint density at radius 3 is 1.94 bits per heavy atom. The predicted octanol–water partition coefficient (Wildman–Crippen LogP) is 16.2. The van der Waals surface area contributed by atoms with Crippen molar-refractivity contribution in [2.75, 3.05) is 0 Å². The Kier molecular flexibility index (Phi) is 8.95. The van der Waals surface area contributed by atoms with Gasteiger partial charge in [-0.15, -0.1) is 0 Å². The standard InChI is InChI=1S/C59H63N3O/c1-35(2)43-28-44(36(3)4)30-45(29-43)41-21-22-53(39(7)27-41)62-54-16-14-15-49(55(54)61-57(62)50-25-38(6)26-51(56(50)63)59(11,12)13)46-31-47(33-48(32-46)58(8,9)10)52-34-42(23-24-60-52)40-19-17-37(5)18-20-40/h14-36,63H,1-13H3/i5D3,7D3,35D,36D. The maximum atomic E-state index is 12.3. The molecule has 0 bridgehead atoms. The zero-order chi connectivity index (χ0) is 52.0. The van der Waals surface area contributed by atoms with Crippen LogP contribution >= 0.6 is 0 Å². The second-order valence-corrected chi connectivity index (χ2v) is 19.5. The molecule has 8 aromatic rings. The topological polar surface area (TPSA) is 50.9 Å². The monoisotopic (exact) mass is 838 g/mol. The molecule has 0 saturated heterocycles. The van der Waals surface area contributed by atoms with E-state index in [2.05, 4.69) is 39.0 Å². The summed E-state index contributed by atoms with van der Waals surface area (Å²) < 4.78 is 70.4. The lowest BCUT2D eigenvalue weighted by Crippen LogP contribution is -2.12. The van der Waals surface area contributed by atoms with Gasteiger partial charge in [-0.25, -0.2) is 4.98 Å². The van der Waals surface area contributed by atoms with Gasteiger partial charge in [-0.1, -0.05) is 148 Å². The number of phenols is 1. The number of phenolic OH excluding ortho intramolecular Hbond substituents is 1. The molecule has 0 amide bonds. The number of hydrogen-bond acceptors (Lipinski definition) is 3. The third-order valence-electron chi connectivity index (χ3n) is 12.0. The molecule has 6 aromatic carbocycles. The molecular formula is C59H63N3O. The molecule has 1 N–H and O–H groups in total. The first-order chi connectivity index (χ1) is 32.8. The molecule has 8 rings (SSSR count). The average Bonchev–Trinajstić information content (AvgIpc) is 3.67. The number of fused-ring (bicyclic) bond motifs is 1. The van der Waals surface area contributed by atoms with Crippen molar-refractivity contribution < 1.29 is 16.1 Å². The van der Waals surface area contributed by atoms with Gasteiger partial charge in [0.25, 0.3) is 0 Å². The number of nitrogens with zero attached hydrogens (tertiary/aromatic N) is 3. The van der Waals surface area contributed by atoms with E-state index in [4.69, 9.17) is 20.9 Å². The van der Waals surface area contributed by atoms with Gasteiger partial charge in [0.15, 0.2) is 0 Å². The molecule has 0 fully saturated rings. The first-order valence-corrected chi connectivity index (χ1v) is 21.7. The Morgan fingerprint density at radius 1 is 0.603 bits per heavy atom. The van der Waals surface area contributed by atoms with Gasteiger partial charge in [0.05, 0.1) is 28.0 Å². The number of benzene rings is 6. The van der Waals surface area contributed by atoms with Gasteiger partial charge in [0.2, 0.25) is 0 Å². The van der Waals surface area contributed by atoms with Crippen molar-refractivity contribution in [3.63, 3.8) is 0 Å². The van der Waals surface area contributed by atoms with Crippen molar-refractivity contribution in [2.24, 2.45) is 0 Å². The maximum absolute atomic E-state index is 12.3. The molecule has 0 radical (unpaired) electrons. The minimum Gasteiger partial charge on any atom is -0.507 e. The van der Waals surface area contributed by atoms with Crippen LogP contribution in [0.15, 0.2) is 128 Å².